The van der Waals surface area contributed by atoms with Gasteiger partial charge in [-0.15, -0.1) is 0 Å². The van der Waals surface area contributed by atoms with Gasteiger partial charge in [0.05, 0.1) is 14.2 Å². The highest BCUT2D eigenvalue weighted by Crippen LogP contribution is 2.33. The van der Waals surface area contributed by atoms with Gasteiger partial charge in [0, 0.05) is 18.9 Å². The minimum Gasteiger partial charge on any atom is -0.504 e. The third-order valence-electron chi connectivity index (χ3n) is 4.71. The Labute approximate surface area is 162 Å². The average Bonchev–Trinajstić information content (AvgIpc) is 2.68. The lowest BCUT2D eigenvalue weighted by Gasteiger charge is -2.32. The normalized spacial score (nSPS) is 14.1. The first kappa shape index (κ1) is 21.3. The van der Waals surface area contributed by atoms with Crippen molar-refractivity contribution < 1.29 is 39.8 Å². The molecule has 0 amide bonds. The number of hydrogen-bond acceptors (Lipinski definition) is 7. The molecule has 0 saturated heterocycles. The van der Waals surface area contributed by atoms with Gasteiger partial charge < -0.3 is 35.0 Å². The molecule has 0 bridgehead atoms. The van der Waals surface area contributed by atoms with Crippen molar-refractivity contribution in [3.63, 3.8) is 0 Å². The van der Waals surface area contributed by atoms with Crippen LogP contribution >= 0.6 is 0 Å². The third-order valence-corrected chi connectivity index (χ3v) is 4.71. The number of aliphatic hydroxyl groups excluding tert-OH is 1. The first-order valence-corrected chi connectivity index (χ1v) is 8.53. The fraction of sp³-hybridized carbons (Fsp3) is 0.350. The zero-order chi connectivity index (χ0) is 20.9. The topological polar surface area (TPSA) is 137 Å². The number of phenolic OH excluding ortho intramolecular Hbond substituents is 2. The van der Waals surface area contributed by atoms with E-state index in [1.807, 2.05) is 0 Å². The Bertz CT molecular complexity index is 835. The molecule has 0 fully saturated rings. The second-order valence-corrected chi connectivity index (χ2v) is 6.50. The lowest BCUT2D eigenvalue weighted by atomic mass is 9.79. The van der Waals surface area contributed by atoms with E-state index in [0.717, 1.165) is 0 Å². The number of aliphatic carboxylic acids is 1. The molecule has 0 aliphatic carbocycles. The van der Waals surface area contributed by atoms with Crippen LogP contribution in [0.4, 0.5) is 0 Å². The first-order chi connectivity index (χ1) is 13.2. The molecule has 0 aliphatic rings. The standard InChI is InChI=1S/C20H24O8/c1-27-17-8-12(3-5-15(17)22)7-14(11-21)20(26,19(24)25)10-13-4-6-16(23)18(9-13)28-2/h3-6,8-9,14,21-23,26H,7,10-11H2,1-2H3,(H,24,25)/t14-,20+/m1/s1. The van der Waals surface area contributed by atoms with Crippen LogP contribution in [0.25, 0.3) is 0 Å². The summed E-state index contributed by atoms with van der Waals surface area (Å²) in [5, 5.41) is 49.8. The Balaban J connectivity index is 2.34. The summed E-state index contributed by atoms with van der Waals surface area (Å²) in [7, 11) is 2.74. The number of phenols is 2. The molecule has 0 aliphatic heterocycles. The fourth-order valence-corrected chi connectivity index (χ4v) is 3.06. The number of ether oxygens (including phenoxy) is 2. The van der Waals surface area contributed by atoms with Crippen LogP contribution in [0.2, 0.25) is 0 Å². The number of methoxy groups -OCH3 is 2. The Kier molecular flexibility index (Phi) is 6.71. The molecule has 0 spiro atoms. The summed E-state index contributed by atoms with van der Waals surface area (Å²) < 4.78 is 10.1. The summed E-state index contributed by atoms with van der Waals surface area (Å²) >= 11 is 0. The summed E-state index contributed by atoms with van der Waals surface area (Å²) in [6, 6.07) is 8.73. The summed E-state index contributed by atoms with van der Waals surface area (Å²) in [6.45, 7) is -0.582. The van der Waals surface area contributed by atoms with Crippen molar-refractivity contribution >= 4 is 5.97 Å². The highest BCUT2D eigenvalue weighted by molar-refractivity contribution is 5.78. The summed E-state index contributed by atoms with van der Waals surface area (Å²) in [6.07, 6.45) is -0.273. The van der Waals surface area contributed by atoms with Crippen LogP contribution < -0.4 is 9.47 Å². The van der Waals surface area contributed by atoms with Gasteiger partial charge in [0.1, 0.15) is 0 Å². The molecule has 2 rings (SSSR count). The minimum absolute atomic E-state index is 0.0329. The van der Waals surface area contributed by atoms with E-state index in [-0.39, 0.29) is 35.8 Å². The van der Waals surface area contributed by atoms with Gasteiger partial charge in [-0.1, -0.05) is 12.1 Å². The van der Waals surface area contributed by atoms with Crippen molar-refractivity contribution in [1.82, 2.24) is 0 Å². The summed E-state index contributed by atoms with van der Waals surface area (Å²) in [4.78, 5) is 11.9. The van der Waals surface area contributed by atoms with Crippen molar-refractivity contribution in [3.05, 3.63) is 47.5 Å². The van der Waals surface area contributed by atoms with E-state index in [2.05, 4.69) is 0 Å². The molecule has 0 heterocycles. The molecule has 5 N–H and O–H groups in total. The maximum absolute atomic E-state index is 11.9. The summed E-state index contributed by atoms with van der Waals surface area (Å²) in [5.41, 5.74) is -1.28. The third kappa shape index (κ3) is 4.47. The van der Waals surface area contributed by atoms with Crippen LogP contribution in [0.15, 0.2) is 36.4 Å². The Morgan fingerprint density at radius 3 is 1.96 bits per heavy atom. The van der Waals surface area contributed by atoms with E-state index in [1.165, 1.54) is 44.6 Å². The van der Waals surface area contributed by atoms with Crippen molar-refractivity contribution in [2.24, 2.45) is 5.92 Å². The van der Waals surface area contributed by atoms with E-state index in [4.69, 9.17) is 9.47 Å². The van der Waals surface area contributed by atoms with Gasteiger partial charge in [-0.05, 0) is 41.8 Å². The van der Waals surface area contributed by atoms with Crippen LogP contribution in [-0.4, -0.2) is 57.9 Å². The van der Waals surface area contributed by atoms with Crippen LogP contribution in [-0.2, 0) is 17.6 Å². The van der Waals surface area contributed by atoms with Crippen molar-refractivity contribution in [1.29, 1.82) is 0 Å². The number of carboxylic acid groups (broad SMARTS) is 1. The predicted molar refractivity (Wildman–Crippen MR) is 99.9 cm³/mol. The van der Waals surface area contributed by atoms with Crippen molar-refractivity contribution in [3.8, 4) is 23.0 Å². The van der Waals surface area contributed by atoms with E-state index in [9.17, 15) is 30.3 Å². The Morgan fingerprint density at radius 1 is 1.00 bits per heavy atom. The van der Waals surface area contributed by atoms with Gasteiger partial charge in [0.15, 0.2) is 28.6 Å². The van der Waals surface area contributed by atoms with Gasteiger partial charge in [0.2, 0.25) is 0 Å². The lowest BCUT2D eigenvalue weighted by Crippen LogP contribution is -2.50. The van der Waals surface area contributed by atoms with Gasteiger partial charge in [-0.25, -0.2) is 4.79 Å². The van der Waals surface area contributed by atoms with E-state index in [1.54, 1.807) is 6.07 Å². The molecule has 152 valence electrons. The number of carbonyl (C=O) groups is 1. The number of aliphatic hydroxyl groups is 2. The Hall–Kier alpha value is -2.97. The van der Waals surface area contributed by atoms with Gasteiger partial charge in [-0.3, -0.25) is 0 Å². The van der Waals surface area contributed by atoms with E-state index in [0.29, 0.717) is 11.1 Å². The molecule has 2 atom stereocenters. The molecule has 0 unspecified atom stereocenters. The largest absolute Gasteiger partial charge is 0.504 e. The molecule has 2 aromatic rings. The zero-order valence-corrected chi connectivity index (χ0v) is 15.6. The first-order valence-electron chi connectivity index (χ1n) is 8.53. The molecule has 0 aromatic heterocycles. The van der Waals surface area contributed by atoms with Crippen LogP contribution in [0.3, 0.4) is 0 Å². The van der Waals surface area contributed by atoms with Crippen molar-refractivity contribution in [2.75, 3.05) is 20.8 Å². The molecular weight excluding hydrogens is 368 g/mol. The minimum atomic E-state index is -2.28. The zero-order valence-electron chi connectivity index (χ0n) is 15.6. The number of carboxylic acids is 1. The molecular formula is C20H24O8. The second kappa shape index (κ2) is 8.81. The maximum atomic E-state index is 11.9. The molecule has 8 heteroatoms. The van der Waals surface area contributed by atoms with Gasteiger partial charge in [-0.2, -0.15) is 0 Å². The highest BCUT2D eigenvalue weighted by Gasteiger charge is 2.44. The molecule has 0 radical (unpaired) electrons. The van der Waals surface area contributed by atoms with Gasteiger partial charge >= 0.3 is 5.97 Å². The van der Waals surface area contributed by atoms with Crippen LogP contribution in [0, 0.1) is 5.92 Å². The maximum Gasteiger partial charge on any atom is 0.336 e. The predicted octanol–water partition coefficient (Wildman–Crippen LogP) is 1.32. The monoisotopic (exact) mass is 392 g/mol. The number of hydrogen-bond donors (Lipinski definition) is 5. The highest BCUT2D eigenvalue weighted by atomic mass is 16.5. The smallest absolute Gasteiger partial charge is 0.336 e. The molecule has 0 saturated carbocycles. The lowest BCUT2D eigenvalue weighted by molar-refractivity contribution is -0.167. The van der Waals surface area contributed by atoms with Crippen molar-refractivity contribution in [2.45, 2.75) is 18.4 Å². The fourth-order valence-electron chi connectivity index (χ4n) is 3.06. The van der Waals surface area contributed by atoms with Crippen LogP contribution in [0.1, 0.15) is 11.1 Å². The van der Waals surface area contributed by atoms with Crippen LogP contribution in [0.5, 0.6) is 23.0 Å². The van der Waals surface area contributed by atoms with E-state index >= 15 is 0 Å². The average molecular weight is 392 g/mol. The SMILES string of the molecule is COc1cc(C[C@H](CO)[C@@](O)(Cc2ccc(O)c(OC)c2)C(=O)O)ccc1O. The number of benzene rings is 2. The summed E-state index contributed by atoms with van der Waals surface area (Å²) in [5.74, 6) is -2.36. The quantitative estimate of drug-likeness (QED) is 0.431. The van der Waals surface area contributed by atoms with Gasteiger partial charge in [0.25, 0.3) is 0 Å². The van der Waals surface area contributed by atoms with E-state index < -0.39 is 24.1 Å². The number of aromatic hydroxyl groups is 2. The number of rotatable bonds is 9. The Morgan fingerprint density at radius 2 is 1.50 bits per heavy atom. The second-order valence-electron chi connectivity index (χ2n) is 6.50. The molecule has 2 aromatic carbocycles. The molecule has 8 nitrogen and oxygen atoms in total. The molecule has 28 heavy (non-hydrogen) atoms.